The Hall–Kier alpha value is -0.840. The zero-order valence-electron chi connectivity index (χ0n) is 4.69. The Bertz CT molecular complexity index is 271. The number of carbonyl (C=O) groups is 1. The molecule has 5 heteroatoms. The van der Waals surface area contributed by atoms with E-state index in [2.05, 4.69) is 20.9 Å². The zero-order chi connectivity index (χ0) is 7.72. The molecule has 1 aromatic rings. The molecular formula is C5H3BrFNO2. The van der Waals surface area contributed by atoms with Crippen molar-refractivity contribution in [1.82, 2.24) is 4.98 Å². The first-order chi connectivity index (χ1) is 4.63. The first kappa shape index (κ1) is 7.27. The zero-order valence-corrected chi connectivity index (χ0v) is 6.27. The lowest BCUT2D eigenvalue weighted by Gasteiger charge is -1.84. The van der Waals surface area contributed by atoms with Gasteiger partial charge in [0.05, 0.1) is 0 Å². The summed E-state index contributed by atoms with van der Waals surface area (Å²) in [5, 5.41) is 8.30. The molecule has 0 spiro atoms. The van der Waals surface area contributed by atoms with Gasteiger partial charge in [-0.25, -0.2) is 9.18 Å². The third kappa shape index (κ3) is 1.04. The van der Waals surface area contributed by atoms with Crippen LogP contribution in [0.2, 0.25) is 0 Å². The fraction of sp³-hybridized carbons (Fsp3) is 0. The molecule has 0 saturated heterocycles. The van der Waals surface area contributed by atoms with E-state index in [4.69, 9.17) is 5.11 Å². The van der Waals surface area contributed by atoms with Crippen LogP contribution in [0.3, 0.4) is 0 Å². The van der Waals surface area contributed by atoms with Crippen molar-refractivity contribution in [3.8, 4) is 0 Å². The largest absolute Gasteiger partial charge is 0.478 e. The van der Waals surface area contributed by atoms with Gasteiger partial charge >= 0.3 is 5.97 Å². The second-order valence-corrected chi connectivity index (χ2v) is 2.43. The summed E-state index contributed by atoms with van der Waals surface area (Å²) in [4.78, 5) is 12.5. The number of H-pyrrole nitrogens is 1. The number of aromatic amines is 1. The Labute approximate surface area is 64.0 Å². The van der Waals surface area contributed by atoms with Gasteiger partial charge in [-0.3, -0.25) is 0 Å². The Balaban J connectivity index is 3.17. The SMILES string of the molecule is O=C(O)c1c[nH]c(Br)c1F. The van der Waals surface area contributed by atoms with Gasteiger partial charge in [0.25, 0.3) is 0 Å². The van der Waals surface area contributed by atoms with Gasteiger partial charge in [-0.15, -0.1) is 0 Å². The standard InChI is InChI=1S/C5H3BrFNO2/c6-4-3(7)2(1-8-4)5(9)10/h1,8H,(H,9,10). The maximum absolute atomic E-state index is 12.6. The summed E-state index contributed by atoms with van der Waals surface area (Å²) in [5.74, 6) is -2.05. The topological polar surface area (TPSA) is 53.1 Å². The van der Waals surface area contributed by atoms with Crippen molar-refractivity contribution in [2.75, 3.05) is 0 Å². The van der Waals surface area contributed by atoms with Crippen molar-refractivity contribution in [2.45, 2.75) is 0 Å². The monoisotopic (exact) mass is 207 g/mol. The number of rotatable bonds is 1. The van der Waals surface area contributed by atoms with Gasteiger partial charge in [-0.05, 0) is 15.9 Å². The molecule has 0 aliphatic rings. The van der Waals surface area contributed by atoms with Crippen LogP contribution in [0.5, 0.6) is 0 Å². The number of hydrogen-bond acceptors (Lipinski definition) is 1. The molecule has 0 aliphatic heterocycles. The predicted octanol–water partition coefficient (Wildman–Crippen LogP) is 1.61. The summed E-state index contributed by atoms with van der Waals surface area (Å²) < 4.78 is 12.6. The van der Waals surface area contributed by atoms with E-state index in [1.165, 1.54) is 0 Å². The first-order valence-corrected chi connectivity index (χ1v) is 3.18. The van der Waals surface area contributed by atoms with Gasteiger partial charge < -0.3 is 10.1 Å². The van der Waals surface area contributed by atoms with Gasteiger partial charge in [0.2, 0.25) is 0 Å². The highest BCUT2D eigenvalue weighted by atomic mass is 79.9. The summed E-state index contributed by atoms with van der Waals surface area (Å²) in [7, 11) is 0. The maximum atomic E-state index is 12.6. The third-order valence-electron chi connectivity index (χ3n) is 1.00. The highest BCUT2D eigenvalue weighted by Crippen LogP contribution is 2.16. The van der Waals surface area contributed by atoms with Crippen molar-refractivity contribution >= 4 is 21.9 Å². The van der Waals surface area contributed by atoms with E-state index in [1.54, 1.807) is 0 Å². The summed E-state index contributed by atoms with van der Waals surface area (Å²) in [6.45, 7) is 0. The Morgan fingerprint density at radius 2 is 2.40 bits per heavy atom. The van der Waals surface area contributed by atoms with E-state index in [0.29, 0.717) is 0 Å². The van der Waals surface area contributed by atoms with E-state index in [0.717, 1.165) is 6.20 Å². The van der Waals surface area contributed by atoms with Gasteiger partial charge in [-0.1, -0.05) is 0 Å². The Morgan fingerprint density at radius 1 is 1.80 bits per heavy atom. The molecule has 1 heterocycles. The Kier molecular flexibility index (Phi) is 1.76. The minimum Gasteiger partial charge on any atom is -0.478 e. The number of aromatic nitrogens is 1. The molecule has 0 unspecified atom stereocenters. The molecule has 3 nitrogen and oxygen atoms in total. The number of aromatic carboxylic acids is 1. The highest BCUT2D eigenvalue weighted by Gasteiger charge is 2.13. The summed E-state index contributed by atoms with van der Waals surface area (Å²) in [6.07, 6.45) is 1.09. The van der Waals surface area contributed by atoms with Gasteiger partial charge in [0.1, 0.15) is 10.2 Å². The predicted molar refractivity (Wildman–Crippen MR) is 35.4 cm³/mol. The van der Waals surface area contributed by atoms with Crippen LogP contribution in [0.4, 0.5) is 4.39 Å². The van der Waals surface area contributed by atoms with Crippen LogP contribution in [0.1, 0.15) is 10.4 Å². The fourth-order valence-electron chi connectivity index (χ4n) is 0.536. The highest BCUT2D eigenvalue weighted by molar-refractivity contribution is 9.10. The van der Waals surface area contributed by atoms with Gasteiger partial charge in [-0.2, -0.15) is 0 Å². The van der Waals surface area contributed by atoms with E-state index < -0.39 is 11.8 Å². The molecular weight excluding hydrogens is 205 g/mol. The number of carboxylic acid groups (broad SMARTS) is 1. The van der Waals surface area contributed by atoms with Gasteiger partial charge in [0.15, 0.2) is 5.82 Å². The summed E-state index contributed by atoms with van der Waals surface area (Å²) in [6, 6.07) is 0. The average Bonchev–Trinajstić information content (AvgIpc) is 2.14. The van der Waals surface area contributed by atoms with E-state index in [1.807, 2.05) is 0 Å². The molecule has 0 radical (unpaired) electrons. The quantitative estimate of drug-likeness (QED) is 0.736. The van der Waals surface area contributed by atoms with E-state index in [9.17, 15) is 9.18 Å². The van der Waals surface area contributed by atoms with Crippen LogP contribution in [0.15, 0.2) is 10.8 Å². The summed E-state index contributed by atoms with van der Waals surface area (Å²) >= 11 is 2.79. The van der Waals surface area contributed by atoms with Crippen LogP contribution in [0, 0.1) is 5.82 Å². The molecule has 54 valence electrons. The normalized spacial score (nSPS) is 9.80. The van der Waals surface area contributed by atoms with Crippen molar-refractivity contribution in [1.29, 1.82) is 0 Å². The molecule has 1 rings (SSSR count). The van der Waals surface area contributed by atoms with Crippen LogP contribution < -0.4 is 0 Å². The molecule has 0 amide bonds. The minimum atomic E-state index is -1.28. The number of carboxylic acids is 1. The van der Waals surface area contributed by atoms with Crippen LogP contribution >= 0.6 is 15.9 Å². The second-order valence-electron chi connectivity index (χ2n) is 1.64. The minimum absolute atomic E-state index is 0.0601. The molecule has 2 N–H and O–H groups in total. The lowest BCUT2D eigenvalue weighted by molar-refractivity contribution is 0.0692. The van der Waals surface area contributed by atoms with Crippen molar-refractivity contribution < 1.29 is 14.3 Å². The summed E-state index contributed by atoms with van der Waals surface area (Å²) in [5.41, 5.74) is -0.355. The maximum Gasteiger partial charge on any atom is 0.340 e. The second kappa shape index (κ2) is 2.42. The average molecular weight is 208 g/mol. The Morgan fingerprint density at radius 3 is 2.60 bits per heavy atom. The molecule has 1 aromatic heterocycles. The first-order valence-electron chi connectivity index (χ1n) is 2.38. The van der Waals surface area contributed by atoms with Crippen molar-refractivity contribution in [2.24, 2.45) is 0 Å². The van der Waals surface area contributed by atoms with E-state index >= 15 is 0 Å². The number of hydrogen-bond donors (Lipinski definition) is 2. The van der Waals surface area contributed by atoms with Crippen LogP contribution in [0.25, 0.3) is 0 Å². The molecule has 0 aromatic carbocycles. The molecule has 0 atom stereocenters. The smallest absolute Gasteiger partial charge is 0.340 e. The molecule has 0 bridgehead atoms. The lowest BCUT2D eigenvalue weighted by Crippen LogP contribution is -1.95. The number of nitrogens with one attached hydrogen (secondary N) is 1. The van der Waals surface area contributed by atoms with Crippen molar-refractivity contribution in [3.05, 3.63) is 22.2 Å². The molecule has 0 aliphatic carbocycles. The van der Waals surface area contributed by atoms with E-state index in [-0.39, 0.29) is 10.2 Å². The van der Waals surface area contributed by atoms with Crippen LogP contribution in [-0.2, 0) is 0 Å². The molecule has 0 saturated carbocycles. The van der Waals surface area contributed by atoms with Crippen LogP contribution in [-0.4, -0.2) is 16.1 Å². The molecule has 0 fully saturated rings. The molecule has 10 heavy (non-hydrogen) atoms. The number of halogens is 2. The fourth-order valence-corrected chi connectivity index (χ4v) is 0.864. The lowest BCUT2D eigenvalue weighted by atomic mass is 10.3. The van der Waals surface area contributed by atoms with Gasteiger partial charge in [0, 0.05) is 6.20 Å². The third-order valence-corrected chi connectivity index (χ3v) is 1.58. The van der Waals surface area contributed by atoms with Crippen molar-refractivity contribution in [3.63, 3.8) is 0 Å².